The largest absolute Gasteiger partial charge is 0.384 e. The fourth-order valence-corrected chi connectivity index (χ4v) is 3.55. The van der Waals surface area contributed by atoms with E-state index in [1.54, 1.807) is 6.07 Å². The van der Waals surface area contributed by atoms with Gasteiger partial charge in [0.2, 0.25) is 0 Å². The normalized spacial score (nSPS) is 18.0. The topological polar surface area (TPSA) is 76.7 Å². The molecule has 3 rings (SSSR count). The molecule has 110 valence electrons. The third-order valence-electron chi connectivity index (χ3n) is 3.42. The molecule has 21 heavy (non-hydrogen) atoms. The molecule has 0 aliphatic carbocycles. The summed E-state index contributed by atoms with van der Waals surface area (Å²) >= 11 is 7.43. The highest BCUT2D eigenvalue weighted by molar-refractivity contribution is 7.98. The van der Waals surface area contributed by atoms with Gasteiger partial charge in [-0.25, -0.2) is 9.97 Å². The fraction of sp³-hybridized carbons (Fsp3) is 0.357. The van der Waals surface area contributed by atoms with Gasteiger partial charge in [-0.2, -0.15) is 0 Å². The number of hydrogen-bond acceptors (Lipinski definition) is 6. The Morgan fingerprint density at radius 1 is 1.43 bits per heavy atom. The van der Waals surface area contributed by atoms with Crippen molar-refractivity contribution >= 4 is 29.2 Å². The Balaban J connectivity index is 1.75. The molecular formula is C14H16ClN5S. The van der Waals surface area contributed by atoms with Crippen LogP contribution < -0.4 is 11.1 Å². The Morgan fingerprint density at radius 3 is 3.10 bits per heavy atom. The lowest BCUT2D eigenvalue weighted by atomic mass is 10.0. The molecule has 2 aromatic rings. The average Bonchev–Trinajstić information content (AvgIpc) is 2.98. The Morgan fingerprint density at radius 2 is 2.33 bits per heavy atom. The van der Waals surface area contributed by atoms with Crippen LogP contribution in [0.15, 0.2) is 29.6 Å². The Hall–Kier alpha value is -1.37. The summed E-state index contributed by atoms with van der Waals surface area (Å²) in [6.45, 7) is 2.05. The minimum atomic E-state index is 0.372. The van der Waals surface area contributed by atoms with Gasteiger partial charge < -0.3 is 11.1 Å². The van der Waals surface area contributed by atoms with E-state index in [1.165, 1.54) is 23.0 Å². The number of thioether (sulfide) groups is 1. The number of nitrogens with zero attached hydrogens (tertiary/aromatic N) is 3. The summed E-state index contributed by atoms with van der Waals surface area (Å²) in [5.41, 5.74) is 8.08. The summed E-state index contributed by atoms with van der Waals surface area (Å²) in [5, 5.41) is 4.35. The first kappa shape index (κ1) is 14.6. The van der Waals surface area contributed by atoms with E-state index < -0.39 is 0 Å². The van der Waals surface area contributed by atoms with Crippen molar-refractivity contribution in [3.05, 3.63) is 40.8 Å². The summed E-state index contributed by atoms with van der Waals surface area (Å²) in [5.74, 6) is 1.65. The number of anilines is 1. The van der Waals surface area contributed by atoms with Crippen molar-refractivity contribution in [1.29, 1.82) is 0 Å². The van der Waals surface area contributed by atoms with E-state index in [0.29, 0.717) is 22.0 Å². The second-order valence-corrected chi connectivity index (χ2v) is 6.25. The number of pyridine rings is 1. The van der Waals surface area contributed by atoms with E-state index in [9.17, 15) is 0 Å². The van der Waals surface area contributed by atoms with Gasteiger partial charge in [-0.05, 0) is 24.6 Å². The van der Waals surface area contributed by atoms with Crippen molar-refractivity contribution in [3.63, 3.8) is 0 Å². The number of nitrogens with two attached hydrogens (primary N) is 1. The van der Waals surface area contributed by atoms with Crippen molar-refractivity contribution in [2.24, 2.45) is 0 Å². The third-order valence-corrected chi connectivity index (χ3v) is 4.51. The zero-order valence-corrected chi connectivity index (χ0v) is 13.0. The van der Waals surface area contributed by atoms with Crippen LogP contribution in [-0.2, 0) is 5.75 Å². The van der Waals surface area contributed by atoms with Gasteiger partial charge in [0.1, 0.15) is 11.0 Å². The zero-order valence-electron chi connectivity index (χ0n) is 11.4. The molecule has 3 heterocycles. The first-order valence-electron chi connectivity index (χ1n) is 6.80. The summed E-state index contributed by atoms with van der Waals surface area (Å²) in [7, 11) is 0. The van der Waals surface area contributed by atoms with Crippen LogP contribution in [0.3, 0.4) is 0 Å². The van der Waals surface area contributed by atoms with Gasteiger partial charge in [0, 0.05) is 36.2 Å². The van der Waals surface area contributed by atoms with Crippen molar-refractivity contribution in [3.8, 4) is 0 Å². The Kier molecular flexibility index (Phi) is 4.57. The number of halogens is 1. The smallest absolute Gasteiger partial charge is 0.191 e. The molecule has 0 saturated carbocycles. The molecule has 0 spiro atoms. The van der Waals surface area contributed by atoms with E-state index in [-0.39, 0.29) is 0 Å². The number of nitrogen functional groups attached to an aromatic ring is 1. The maximum absolute atomic E-state index is 5.90. The van der Waals surface area contributed by atoms with Crippen LogP contribution in [-0.4, -0.2) is 28.0 Å². The second kappa shape index (κ2) is 6.60. The molecule has 0 radical (unpaired) electrons. The molecule has 0 bridgehead atoms. The lowest BCUT2D eigenvalue weighted by Crippen LogP contribution is -2.10. The predicted octanol–water partition coefficient (Wildman–Crippen LogP) is 2.48. The van der Waals surface area contributed by atoms with E-state index in [2.05, 4.69) is 26.3 Å². The van der Waals surface area contributed by atoms with E-state index in [1.807, 2.05) is 12.3 Å². The molecule has 0 aromatic carbocycles. The molecule has 1 atom stereocenters. The monoisotopic (exact) mass is 321 g/mol. The van der Waals surface area contributed by atoms with Crippen LogP contribution in [0.5, 0.6) is 0 Å². The third kappa shape index (κ3) is 3.64. The molecule has 0 amide bonds. The first-order valence-corrected chi connectivity index (χ1v) is 8.16. The van der Waals surface area contributed by atoms with Gasteiger partial charge in [-0.3, -0.25) is 4.98 Å². The fourth-order valence-electron chi connectivity index (χ4n) is 2.45. The predicted molar refractivity (Wildman–Crippen MR) is 85.5 cm³/mol. The second-order valence-electron chi connectivity index (χ2n) is 4.92. The number of rotatable bonds is 4. The van der Waals surface area contributed by atoms with Gasteiger partial charge in [-0.15, -0.1) is 0 Å². The van der Waals surface area contributed by atoms with Gasteiger partial charge in [0.05, 0.1) is 0 Å². The van der Waals surface area contributed by atoms with E-state index >= 15 is 0 Å². The van der Waals surface area contributed by atoms with Crippen molar-refractivity contribution < 1.29 is 0 Å². The van der Waals surface area contributed by atoms with Gasteiger partial charge in [-0.1, -0.05) is 29.4 Å². The summed E-state index contributed by atoms with van der Waals surface area (Å²) in [6, 6.07) is 5.63. The van der Waals surface area contributed by atoms with Gasteiger partial charge in [0.25, 0.3) is 0 Å². The highest BCUT2D eigenvalue weighted by Gasteiger charge is 2.20. The van der Waals surface area contributed by atoms with Crippen LogP contribution in [0.25, 0.3) is 0 Å². The highest BCUT2D eigenvalue weighted by atomic mass is 35.5. The average molecular weight is 322 g/mol. The molecule has 3 N–H and O–H groups in total. The summed E-state index contributed by atoms with van der Waals surface area (Å²) < 4.78 is 0. The summed E-state index contributed by atoms with van der Waals surface area (Å²) in [6.07, 6.45) is 2.99. The minimum Gasteiger partial charge on any atom is -0.384 e. The molecule has 1 saturated heterocycles. The van der Waals surface area contributed by atoms with Crippen LogP contribution in [0.1, 0.15) is 23.6 Å². The standard InChI is InChI=1S/C14H16ClN5S/c15-11-6-12(16)20-14(19-11)21-8-10-2-1-4-18-13(10)9-3-5-17-7-9/h1-2,4,6,9,17H,3,5,7-8H2,(H2,16,19,20). The number of nitrogens with one attached hydrogen (secondary N) is 1. The lowest BCUT2D eigenvalue weighted by molar-refractivity contribution is 0.726. The van der Waals surface area contributed by atoms with Crippen molar-refractivity contribution in [2.45, 2.75) is 23.2 Å². The minimum absolute atomic E-state index is 0.372. The van der Waals surface area contributed by atoms with Crippen LogP contribution >= 0.6 is 23.4 Å². The first-order chi connectivity index (χ1) is 10.2. The number of hydrogen-bond donors (Lipinski definition) is 2. The van der Waals surface area contributed by atoms with Crippen molar-refractivity contribution in [1.82, 2.24) is 20.3 Å². The molecule has 1 fully saturated rings. The Labute approximate surface area is 132 Å². The van der Waals surface area contributed by atoms with E-state index in [4.69, 9.17) is 17.3 Å². The van der Waals surface area contributed by atoms with Crippen LogP contribution in [0, 0.1) is 0 Å². The molecule has 7 heteroatoms. The zero-order chi connectivity index (χ0) is 14.7. The quantitative estimate of drug-likeness (QED) is 0.512. The highest BCUT2D eigenvalue weighted by Crippen LogP contribution is 2.28. The molecule has 2 aromatic heterocycles. The number of aromatic nitrogens is 3. The molecular weight excluding hydrogens is 306 g/mol. The van der Waals surface area contributed by atoms with E-state index in [0.717, 1.165) is 25.3 Å². The SMILES string of the molecule is Nc1cc(Cl)nc(SCc2cccnc2C2CCNC2)n1. The van der Waals surface area contributed by atoms with Crippen LogP contribution in [0.4, 0.5) is 5.82 Å². The summed E-state index contributed by atoms with van der Waals surface area (Å²) in [4.78, 5) is 12.9. The van der Waals surface area contributed by atoms with Gasteiger partial charge in [0.15, 0.2) is 5.16 Å². The molecule has 1 aliphatic heterocycles. The maximum Gasteiger partial charge on any atom is 0.191 e. The lowest BCUT2D eigenvalue weighted by Gasteiger charge is -2.13. The molecule has 1 aliphatic rings. The Bertz CT molecular complexity index is 610. The molecule has 5 nitrogen and oxygen atoms in total. The maximum atomic E-state index is 5.90. The van der Waals surface area contributed by atoms with Crippen LogP contribution in [0.2, 0.25) is 5.15 Å². The van der Waals surface area contributed by atoms with Crippen molar-refractivity contribution in [2.75, 3.05) is 18.8 Å². The molecule has 1 unspecified atom stereocenters. The van der Waals surface area contributed by atoms with Gasteiger partial charge >= 0.3 is 0 Å².